The van der Waals surface area contributed by atoms with Crippen molar-refractivity contribution in [2.75, 3.05) is 0 Å². The van der Waals surface area contributed by atoms with E-state index in [9.17, 15) is 4.79 Å². The number of alkyl halides is 1. The minimum Gasteiger partial charge on any atom is -0.289 e. The van der Waals surface area contributed by atoms with Crippen LogP contribution in [0.25, 0.3) is 0 Å². The lowest BCUT2D eigenvalue weighted by Crippen LogP contribution is -2.02. The van der Waals surface area contributed by atoms with Crippen LogP contribution in [-0.4, -0.2) is 5.78 Å². The van der Waals surface area contributed by atoms with Gasteiger partial charge in [-0.3, -0.25) is 4.79 Å². The van der Waals surface area contributed by atoms with Crippen LogP contribution >= 0.6 is 22.9 Å². The first-order valence-corrected chi connectivity index (χ1v) is 7.31. The molecule has 1 aliphatic rings. The number of fused-ring (bicyclic) bond motifs is 2. The number of hydrogen-bond acceptors (Lipinski definition) is 2. The van der Waals surface area contributed by atoms with Gasteiger partial charge in [0, 0.05) is 20.9 Å². The highest BCUT2D eigenvalue weighted by Gasteiger charge is 2.24. The second-order valence-electron chi connectivity index (χ2n) is 4.59. The zero-order chi connectivity index (χ0) is 12.7. The maximum atomic E-state index is 12.5. The molecule has 1 aromatic carbocycles. The average molecular weight is 277 g/mol. The molecule has 0 spiro atoms. The Balaban J connectivity index is 2.13. The molecule has 1 aromatic heterocycles. The van der Waals surface area contributed by atoms with Gasteiger partial charge in [0.25, 0.3) is 0 Å². The molecule has 0 fully saturated rings. The van der Waals surface area contributed by atoms with E-state index in [4.69, 9.17) is 11.6 Å². The van der Waals surface area contributed by atoms with Crippen molar-refractivity contribution in [2.24, 2.45) is 0 Å². The Kier molecular flexibility index (Phi) is 3.00. The molecule has 18 heavy (non-hydrogen) atoms. The van der Waals surface area contributed by atoms with Crippen molar-refractivity contribution in [3.8, 4) is 0 Å². The maximum absolute atomic E-state index is 12.5. The number of carbonyl (C=O) groups is 1. The van der Waals surface area contributed by atoms with Crippen molar-refractivity contribution in [3.05, 3.63) is 56.8 Å². The quantitative estimate of drug-likeness (QED) is 0.707. The molecule has 0 bridgehead atoms. The van der Waals surface area contributed by atoms with Crippen LogP contribution in [0.15, 0.2) is 30.3 Å². The SMILES string of the molecule is CC(Cl)c1cc2c(s1)CCc1ccccc1C2=O. The molecule has 1 atom stereocenters. The van der Waals surface area contributed by atoms with E-state index in [0.29, 0.717) is 0 Å². The van der Waals surface area contributed by atoms with E-state index in [-0.39, 0.29) is 11.2 Å². The van der Waals surface area contributed by atoms with Gasteiger partial charge >= 0.3 is 0 Å². The molecule has 1 unspecified atom stereocenters. The fourth-order valence-corrected chi connectivity index (χ4v) is 3.66. The zero-order valence-corrected chi connectivity index (χ0v) is 11.6. The highest BCUT2D eigenvalue weighted by molar-refractivity contribution is 7.12. The molecule has 1 heterocycles. The number of aryl methyl sites for hydroxylation is 2. The summed E-state index contributed by atoms with van der Waals surface area (Å²) in [5.41, 5.74) is 2.86. The van der Waals surface area contributed by atoms with Crippen molar-refractivity contribution < 1.29 is 4.79 Å². The van der Waals surface area contributed by atoms with Crippen LogP contribution in [0, 0.1) is 0 Å². The molecule has 0 saturated heterocycles. The molecule has 3 rings (SSSR count). The third-order valence-corrected chi connectivity index (χ3v) is 5.09. The minimum atomic E-state index is -0.0232. The molecular weight excluding hydrogens is 264 g/mol. The van der Waals surface area contributed by atoms with E-state index in [1.54, 1.807) is 11.3 Å². The summed E-state index contributed by atoms with van der Waals surface area (Å²) in [7, 11) is 0. The summed E-state index contributed by atoms with van der Waals surface area (Å²) in [4.78, 5) is 14.8. The van der Waals surface area contributed by atoms with Crippen LogP contribution in [0.2, 0.25) is 0 Å². The van der Waals surface area contributed by atoms with E-state index in [1.807, 2.05) is 31.2 Å². The molecule has 0 radical (unpaired) electrons. The van der Waals surface area contributed by atoms with Gasteiger partial charge in [0.05, 0.1) is 5.38 Å². The fourth-order valence-electron chi connectivity index (χ4n) is 2.38. The van der Waals surface area contributed by atoms with Gasteiger partial charge in [-0.15, -0.1) is 22.9 Å². The third-order valence-electron chi connectivity index (χ3n) is 3.35. The summed E-state index contributed by atoms with van der Waals surface area (Å²) >= 11 is 7.79. The number of ketones is 1. The number of halogens is 1. The smallest absolute Gasteiger partial charge is 0.194 e. The van der Waals surface area contributed by atoms with Gasteiger partial charge in [0.2, 0.25) is 0 Å². The third kappa shape index (κ3) is 1.90. The first kappa shape index (κ1) is 11.9. The normalized spacial score (nSPS) is 15.8. The molecule has 0 amide bonds. The summed E-state index contributed by atoms with van der Waals surface area (Å²) in [5, 5.41) is -0.0232. The Morgan fingerprint density at radius 1 is 1.22 bits per heavy atom. The van der Waals surface area contributed by atoms with Crippen LogP contribution in [0.4, 0.5) is 0 Å². The van der Waals surface area contributed by atoms with Crippen molar-refractivity contribution in [3.63, 3.8) is 0 Å². The lowest BCUT2D eigenvalue weighted by molar-refractivity contribution is 0.103. The van der Waals surface area contributed by atoms with E-state index >= 15 is 0 Å². The minimum absolute atomic E-state index is 0.0232. The second kappa shape index (κ2) is 4.52. The van der Waals surface area contributed by atoms with Crippen molar-refractivity contribution in [1.82, 2.24) is 0 Å². The first-order chi connectivity index (χ1) is 8.66. The van der Waals surface area contributed by atoms with Gasteiger partial charge in [0.15, 0.2) is 5.78 Å². The van der Waals surface area contributed by atoms with Crippen LogP contribution in [0.5, 0.6) is 0 Å². The van der Waals surface area contributed by atoms with Crippen LogP contribution in [0.3, 0.4) is 0 Å². The molecule has 3 heteroatoms. The van der Waals surface area contributed by atoms with Gasteiger partial charge in [-0.05, 0) is 31.4 Å². The molecule has 0 aliphatic heterocycles. The Morgan fingerprint density at radius 3 is 2.78 bits per heavy atom. The van der Waals surface area contributed by atoms with Gasteiger partial charge in [-0.25, -0.2) is 0 Å². The largest absolute Gasteiger partial charge is 0.289 e. The Morgan fingerprint density at radius 2 is 2.00 bits per heavy atom. The molecule has 1 nitrogen and oxygen atoms in total. The highest BCUT2D eigenvalue weighted by Crippen LogP contribution is 2.35. The van der Waals surface area contributed by atoms with Gasteiger partial charge in [0.1, 0.15) is 0 Å². The number of benzene rings is 1. The molecule has 0 N–H and O–H groups in total. The fraction of sp³-hybridized carbons (Fsp3) is 0.267. The van der Waals surface area contributed by atoms with E-state index in [1.165, 1.54) is 4.88 Å². The summed E-state index contributed by atoms with van der Waals surface area (Å²) in [6, 6.07) is 9.88. The first-order valence-electron chi connectivity index (χ1n) is 6.06. The average Bonchev–Trinajstić information content (AvgIpc) is 2.75. The van der Waals surface area contributed by atoms with Crippen LogP contribution in [-0.2, 0) is 12.8 Å². The van der Waals surface area contributed by atoms with E-state index in [2.05, 4.69) is 6.07 Å². The van der Waals surface area contributed by atoms with Crippen LogP contribution < -0.4 is 0 Å². The number of rotatable bonds is 1. The summed E-state index contributed by atoms with van der Waals surface area (Å²) in [5.74, 6) is 0.151. The summed E-state index contributed by atoms with van der Waals surface area (Å²) in [6.07, 6.45) is 1.87. The topological polar surface area (TPSA) is 17.1 Å². The van der Waals surface area contributed by atoms with Gasteiger partial charge in [-0.1, -0.05) is 24.3 Å². The molecular formula is C15H13ClOS. The van der Waals surface area contributed by atoms with Gasteiger partial charge < -0.3 is 0 Å². The van der Waals surface area contributed by atoms with E-state index in [0.717, 1.165) is 34.4 Å². The monoisotopic (exact) mass is 276 g/mol. The maximum Gasteiger partial charge on any atom is 0.194 e. The Bertz CT molecular complexity index is 613. The van der Waals surface area contributed by atoms with Crippen molar-refractivity contribution >= 4 is 28.7 Å². The number of thiophene rings is 1. The lowest BCUT2D eigenvalue weighted by Gasteiger charge is -2.03. The lowest BCUT2D eigenvalue weighted by atomic mass is 10.0. The predicted molar refractivity (Wildman–Crippen MR) is 75.9 cm³/mol. The van der Waals surface area contributed by atoms with E-state index < -0.39 is 0 Å². The summed E-state index contributed by atoms with van der Waals surface area (Å²) in [6.45, 7) is 1.95. The molecule has 92 valence electrons. The Labute approximate surface area is 115 Å². The number of carbonyl (C=O) groups excluding carboxylic acids is 1. The number of hydrogen-bond donors (Lipinski definition) is 0. The van der Waals surface area contributed by atoms with Crippen molar-refractivity contribution in [2.45, 2.75) is 25.1 Å². The molecule has 1 aliphatic carbocycles. The molecule has 0 saturated carbocycles. The summed E-state index contributed by atoms with van der Waals surface area (Å²) < 4.78 is 0. The van der Waals surface area contributed by atoms with Gasteiger partial charge in [-0.2, -0.15) is 0 Å². The van der Waals surface area contributed by atoms with Crippen LogP contribution in [0.1, 0.15) is 43.5 Å². The standard InChI is InChI=1S/C15H13ClOS/c1-9(16)14-8-12-13(18-14)7-6-10-4-2-3-5-11(10)15(12)17/h2-5,8-9H,6-7H2,1H3. The zero-order valence-electron chi connectivity index (χ0n) is 10.1. The predicted octanol–water partition coefficient (Wildman–Crippen LogP) is 4.38. The molecule has 2 aromatic rings. The van der Waals surface area contributed by atoms with Crippen molar-refractivity contribution in [1.29, 1.82) is 0 Å². The Hall–Kier alpha value is -1.12. The highest BCUT2D eigenvalue weighted by atomic mass is 35.5. The second-order valence-corrected chi connectivity index (χ2v) is 6.41.